The molecule has 0 bridgehead atoms. The summed E-state index contributed by atoms with van der Waals surface area (Å²) in [6, 6.07) is 3.96. The summed E-state index contributed by atoms with van der Waals surface area (Å²) in [4.78, 5) is 24.0. The summed E-state index contributed by atoms with van der Waals surface area (Å²) in [6.07, 6.45) is 7.49. The van der Waals surface area contributed by atoms with E-state index in [4.69, 9.17) is 18.0 Å². The molecule has 104 valence electrons. The molecule has 0 aromatic heterocycles. The van der Waals surface area contributed by atoms with Gasteiger partial charge in [0, 0.05) is 18.2 Å². The molecule has 1 aliphatic rings. The Morgan fingerprint density at radius 2 is 2.25 bits per heavy atom. The Hall–Kier alpha value is -2.06. The molecular weight excluding hydrogens is 280 g/mol. The molecule has 20 heavy (non-hydrogen) atoms. The van der Waals surface area contributed by atoms with Crippen LogP contribution in [0, 0.1) is 28.4 Å². The van der Waals surface area contributed by atoms with Crippen LogP contribution in [0.25, 0.3) is 0 Å². The maximum absolute atomic E-state index is 12.3. The van der Waals surface area contributed by atoms with Gasteiger partial charge in [-0.2, -0.15) is 0 Å². The molecule has 0 aliphatic heterocycles. The molecule has 0 unspecified atom stereocenters. The highest BCUT2D eigenvalue weighted by Crippen LogP contribution is 2.30. The number of amides is 1. The third-order valence-electron chi connectivity index (χ3n) is 3.14. The van der Waals surface area contributed by atoms with Gasteiger partial charge in [0.05, 0.1) is 11.5 Å². The van der Waals surface area contributed by atoms with E-state index in [0.717, 1.165) is 12.8 Å². The zero-order chi connectivity index (χ0) is 14.7. The average Bonchev–Trinajstić information content (AvgIpc) is 3.21. The highest BCUT2D eigenvalue weighted by Gasteiger charge is 2.27. The summed E-state index contributed by atoms with van der Waals surface area (Å²) < 4.78 is 0. The van der Waals surface area contributed by atoms with Crippen molar-refractivity contribution >= 4 is 23.2 Å². The van der Waals surface area contributed by atoms with Crippen LogP contribution >= 0.6 is 11.6 Å². The monoisotopic (exact) mass is 292 g/mol. The third-order valence-corrected chi connectivity index (χ3v) is 3.44. The van der Waals surface area contributed by atoms with Crippen LogP contribution < -0.4 is 0 Å². The predicted octanol–water partition coefficient (Wildman–Crippen LogP) is 2.73. The standard InChI is InChI=1S/C14H13ClN2O3/c1-2-7-16(9-10-3-4-10)14(18)11-5-6-13(17(19)20)12(15)8-11/h1,5-6,8,10H,3-4,7,9H2. The van der Waals surface area contributed by atoms with Crippen LogP contribution in [0.4, 0.5) is 5.69 Å². The van der Waals surface area contributed by atoms with Crippen LogP contribution in [-0.2, 0) is 0 Å². The molecule has 5 nitrogen and oxygen atoms in total. The zero-order valence-corrected chi connectivity index (χ0v) is 11.5. The first-order chi connectivity index (χ1) is 9.52. The summed E-state index contributed by atoms with van der Waals surface area (Å²) in [6.45, 7) is 0.849. The number of hydrogen-bond acceptors (Lipinski definition) is 3. The lowest BCUT2D eigenvalue weighted by molar-refractivity contribution is -0.384. The summed E-state index contributed by atoms with van der Waals surface area (Å²) in [5, 5.41) is 10.6. The smallest absolute Gasteiger partial charge is 0.287 e. The van der Waals surface area contributed by atoms with Crippen molar-refractivity contribution in [1.82, 2.24) is 4.90 Å². The summed E-state index contributed by atoms with van der Waals surface area (Å²) in [7, 11) is 0. The molecule has 1 amide bonds. The van der Waals surface area contributed by atoms with Gasteiger partial charge in [-0.05, 0) is 30.9 Å². The van der Waals surface area contributed by atoms with Crippen molar-refractivity contribution in [3.8, 4) is 12.3 Å². The van der Waals surface area contributed by atoms with E-state index in [0.29, 0.717) is 18.0 Å². The van der Waals surface area contributed by atoms with Crippen LogP contribution in [0.2, 0.25) is 5.02 Å². The fourth-order valence-electron chi connectivity index (χ4n) is 1.91. The number of hydrogen-bond donors (Lipinski definition) is 0. The molecule has 6 heteroatoms. The maximum atomic E-state index is 12.3. The van der Waals surface area contributed by atoms with Gasteiger partial charge in [0.1, 0.15) is 5.02 Å². The molecule has 1 saturated carbocycles. The highest BCUT2D eigenvalue weighted by molar-refractivity contribution is 6.33. The SMILES string of the molecule is C#CCN(CC1CC1)C(=O)c1ccc([N+](=O)[O-])c(Cl)c1. The van der Waals surface area contributed by atoms with Gasteiger partial charge in [-0.15, -0.1) is 6.42 Å². The van der Waals surface area contributed by atoms with Crippen molar-refractivity contribution in [3.63, 3.8) is 0 Å². The Bertz CT molecular complexity index is 591. The molecule has 0 N–H and O–H groups in total. The minimum Gasteiger partial charge on any atom is -0.327 e. The quantitative estimate of drug-likeness (QED) is 0.476. The van der Waals surface area contributed by atoms with Crippen molar-refractivity contribution in [2.24, 2.45) is 5.92 Å². The number of halogens is 1. The lowest BCUT2D eigenvalue weighted by Crippen LogP contribution is -2.33. The Balaban J connectivity index is 2.20. The molecule has 1 aromatic carbocycles. The topological polar surface area (TPSA) is 63.5 Å². The maximum Gasteiger partial charge on any atom is 0.287 e. The second kappa shape index (κ2) is 5.93. The number of nitro groups is 1. The van der Waals surface area contributed by atoms with Gasteiger partial charge in [0.25, 0.3) is 11.6 Å². The Morgan fingerprint density at radius 3 is 2.75 bits per heavy atom. The summed E-state index contributed by atoms with van der Waals surface area (Å²) in [5.41, 5.74) is 0.102. The van der Waals surface area contributed by atoms with Crippen molar-refractivity contribution < 1.29 is 9.72 Å². The molecule has 0 atom stereocenters. The predicted molar refractivity (Wildman–Crippen MR) is 75.6 cm³/mol. The van der Waals surface area contributed by atoms with E-state index >= 15 is 0 Å². The molecule has 1 aliphatic carbocycles. The molecular formula is C14H13ClN2O3. The van der Waals surface area contributed by atoms with Crippen molar-refractivity contribution in [2.75, 3.05) is 13.1 Å². The Morgan fingerprint density at radius 1 is 1.55 bits per heavy atom. The van der Waals surface area contributed by atoms with Crippen LogP contribution in [0.15, 0.2) is 18.2 Å². The molecule has 0 saturated heterocycles. The van der Waals surface area contributed by atoms with E-state index in [-0.39, 0.29) is 23.2 Å². The molecule has 1 fully saturated rings. The lowest BCUT2D eigenvalue weighted by Gasteiger charge is -2.20. The number of nitrogens with zero attached hydrogens (tertiary/aromatic N) is 2. The zero-order valence-electron chi connectivity index (χ0n) is 10.7. The number of terminal acetylenes is 1. The van der Waals surface area contributed by atoms with Crippen molar-refractivity contribution in [2.45, 2.75) is 12.8 Å². The fraction of sp³-hybridized carbons (Fsp3) is 0.357. The Kier molecular flexibility index (Phi) is 4.26. The largest absolute Gasteiger partial charge is 0.327 e. The van der Waals surface area contributed by atoms with Gasteiger partial charge in [0.2, 0.25) is 0 Å². The molecule has 0 spiro atoms. The second-order valence-electron chi connectivity index (χ2n) is 4.76. The first-order valence-electron chi connectivity index (χ1n) is 6.19. The third kappa shape index (κ3) is 3.28. The van der Waals surface area contributed by atoms with Crippen LogP contribution in [-0.4, -0.2) is 28.8 Å². The minimum atomic E-state index is -0.583. The number of benzene rings is 1. The number of nitro benzene ring substituents is 1. The van der Waals surface area contributed by atoms with Crippen molar-refractivity contribution in [3.05, 3.63) is 38.9 Å². The van der Waals surface area contributed by atoms with Gasteiger partial charge < -0.3 is 4.90 Å². The van der Waals surface area contributed by atoms with Crippen LogP contribution in [0.3, 0.4) is 0 Å². The lowest BCUT2D eigenvalue weighted by atomic mass is 10.1. The first-order valence-corrected chi connectivity index (χ1v) is 6.57. The van der Waals surface area contributed by atoms with Gasteiger partial charge >= 0.3 is 0 Å². The summed E-state index contributed by atoms with van der Waals surface area (Å²) in [5.74, 6) is 2.73. The van der Waals surface area contributed by atoms with Crippen LogP contribution in [0.5, 0.6) is 0 Å². The summed E-state index contributed by atoms with van der Waals surface area (Å²) >= 11 is 5.82. The second-order valence-corrected chi connectivity index (χ2v) is 5.16. The molecule has 0 heterocycles. The van der Waals surface area contributed by atoms with E-state index in [1.165, 1.54) is 18.2 Å². The molecule has 1 aromatic rings. The molecule has 2 rings (SSSR count). The number of carbonyl (C=O) groups excluding carboxylic acids is 1. The highest BCUT2D eigenvalue weighted by atomic mass is 35.5. The average molecular weight is 293 g/mol. The van der Waals surface area contributed by atoms with E-state index in [9.17, 15) is 14.9 Å². The van der Waals surface area contributed by atoms with Crippen molar-refractivity contribution in [1.29, 1.82) is 0 Å². The van der Waals surface area contributed by atoms with Gasteiger partial charge in [-0.3, -0.25) is 14.9 Å². The van der Waals surface area contributed by atoms with Crippen LogP contribution in [0.1, 0.15) is 23.2 Å². The van der Waals surface area contributed by atoms with E-state index in [1.807, 2.05) is 0 Å². The number of rotatable bonds is 5. The van der Waals surface area contributed by atoms with Gasteiger partial charge in [-0.25, -0.2) is 0 Å². The molecule has 0 radical (unpaired) electrons. The van der Waals surface area contributed by atoms with E-state index in [1.54, 1.807) is 4.90 Å². The van der Waals surface area contributed by atoms with Gasteiger partial charge in [0.15, 0.2) is 0 Å². The van der Waals surface area contributed by atoms with Gasteiger partial charge in [-0.1, -0.05) is 17.5 Å². The number of carbonyl (C=O) groups is 1. The first kappa shape index (κ1) is 14.4. The Labute approximate surface area is 121 Å². The van der Waals surface area contributed by atoms with E-state index in [2.05, 4.69) is 5.92 Å². The minimum absolute atomic E-state index is 0.0482. The van der Waals surface area contributed by atoms with E-state index < -0.39 is 4.92 Å². The fourth-order valence-corrected chi connectivity index (χ4v) is 2.16. The normalized spacial score (nSPS) is 13.6.